The second kappa shape index (κ2) is 6.61. The molecule has 5 nitrogen and oxygen atoms in total. The maximum absolute atomic E-state index is 4.82. The second-order valence-electron chi connectivity index (χ2n) is 6.48. The van der Waals surface area contributed by atoms with Crippen LogP contribution in [0, 0.1) is 0 Å². The Hall–Kier alpha value is -2.40. The monoisotopic (exact) mass is 321 g/mol. The van der Waals surface area contributed by atoms with E-state index in [0.29, 0.717) is 5.92 Å². The van der Waals surface area contributed by atoms with E-state index >= 15 is 0 Å². The second-order valence-corrected chi connectivity index (χ2v) is 6.48. The van der Waals surface area contributed by atoms with E-state index in [2.05, 4.69) is 51.7 Å². The molecule has 1 saturated heterocycles. The van der Waals surface area contributed by atoms with Gasteiger partial charge < -0.3 is 5.32 Å². The van der Waals surface area contributed by atoms with E-state index in [1.165, 1.54) is 30.6 Å². The third kappa shape index (κ3) is 2.99. The third-order valence-electron chi connectivity index (χ3n) is 4.80. The number of likely N-dealkylation sites (tertiary alicyclic amines) is 1. The van der Waals surface area contributed by atoms with Crippen LogP contribution in [0.5, 0.6) is 0 Å². The van der Waals surface area contributed by atoms with Gasteiger partial charge in [0.2, 0.25) is 5.95 Å². The molecule has 0 amide bonds. The van der Waals surface area contributed by atoms with E-state index in [9.17, 15) is 0 Å². The molecule has 0 saturated carbocycles. The van der Waals surface area contributed by atoms with Crippen molar-refractivity contribution in [3.8, 4) is 0 Å². The molecule has 1 aliphatic rings. The first-order chi connectivity index (χ1) is 11.8. The van der Waals surface area contributed by atoms with Crippen molar-refractivity contribution in [2.24, 2.45) is 0 Å². The maximum Gasteiger partial charge on any atom is 0.224 e. The molecule has 2 aromatic heterocycles. The molecule has 1 fully saturated rings. The molecule has 1 unspecified atom stereocenters. The summed E-state index contributed by atoms with van der Waals surface area (Å²) in [4.78, 5) is 7.37. The molecule has 0 aliphatic carbocycles. The standard InChI is InChI=1S/C19H23N5/c1-20-19-22-18(12-17-9-10-21-24(17)19)16-8-5-11-23(14-16)13-15-6-3-2-4-7-15/h2-4,6-7,9-10,12,16H,5,8,11,13-14H2,1H3,(H,20,22). The number of rotatable bonds is 4. The van der Waals surface area contributed by atoms with Crippen LogP contribution in [0.15, 0.2) is 48.7 Å². The van der Waals surface area contributed by atoms with Gasteiger partial charge in [-0.05, 0) is 37.1 Å². The van der Waals surface area contributed by atoms with Gasteiger partial charge in [-0.1, -0.05) is 30.3 Å². The van der Waals surface area contributed by atoms with Crippen molar-refractivity contribution in [1.29, 1.82) is 0 Å². The highest BCUT2D eigenvalue weighted by Crippen LogP contribution is 2.28. The fourth-order valence-electron chi connectivity index (χ4n) is 3.61. The summed E-state index contributed by atoms with van der Waals surface area (Å²) in [6.45, 7) is 3.25. The highest BCUT2D eigenvalue weighted by molar-refractivity contribution is 5.52. The van der Waals surface area contributed by atoms with Crippen molar-refractivity contribution in [3.63, 3.8) is 0 Å². The minimum absolute atomic E-state index is 0.481. The molecule has 1 N–H and O–H groups in total. The van der Waals surface area contributed by atoms with Crippen LogP contribution in [0.4, 0.5) is 5.95 Å². The lowest BCUT2D eigenvalue weighted by atomic mass is 9.94. The number of hydrogen-bond donors (Lipinski definition) is 1. The van der Waals surface area contributed by atoms with Crippen molar-refractivity contribution in [1.82, 2.24) is 19.5 Å². The Labute approximate surface area is 142 Å². The number of hydrogen-bond acceptors (Lipinski definition) is 4. The van der Waals surface area contributed by atoms with Crippen LogP contribution in [0.2, 0.25) is 0 Å². The molecule has 0 radical (unpaired) electrons. The SMILES string of the molecule is CNc1nc(C2CCCN(Cc3ccccc3)C2)cc2ccnn12. The molecule has 1 aliphatic heterocycles. The Kier molecular flexibility index (Phi) is 4.17. The molecule has 4 rings (SSSR count). The van der Waals surface area contributed by atoms with E-state index in [0.717, 1.165) is 24.6 Å². The minimum Gasteiger partial charge on any atom is -0.357 e. The van der Waals surface area contributed by atoms with Gasteiger partial charge >= 0.3 is 0 Å². The first-order valence-corrected chi connectivity index (χ1v) is 8.62. The van der Waals surface area contributed by atoms with Crippen LogP contribution >= 0.6 is 0 Å². The van der Waals surface area contributed by atoms with E-state index in [-0.39, 0.29) is 0 Å². The normalized spacial score (nSPS) is 18.8. The lowest BCUT2D eigenvalue weighted by Gasteiger charge is -2.32. The smallest absolute Gasteiger partial charge is 0.224 e. The van der Waals surface area contributed by atoms with Gasteiger partial charge in [-0.15, -0.1) is 0 Å². The van der Waals surface area contributed by atoms with Crippen molar-refractivity contribution >= 4 is 11.5 Å². The number of fused-ring (bicyclic) bond motifs is 1. The fourth-order valence-corrected chi connectivity index (χ4v) is 3.61. The number of benzene rings is 1. The van der Waals surface area contributed by atoms with Gasteiger partial charge in [-0.3, -0.25) is 4.90 Å². The predicted molar refractivity (Wildman–Crippen MR) is 96.2 cm³/mol. The molecule has 5 heteroatoms. The van der Waals surface area contributed by atoms with Crippen molar-refractivity contribution in [3.05, 3.63) is 59.9 Å². The van der Waals surface area contributed by atoms with Gasteiger partial charge in [0.25, 0.3) is 0 Å². The highest BCUT2D eigenvalue weighted by atomic mass is 15.3. The summed E-state index contributed by atoms with van der Waals surface area (Å²) >= 11 is 0. The summed E-state index contributed by atoms with van der Waals surface area (Å²) in [5.41, 5.74) is 3.66. The first kappa shape index (κ1) is 15.1. The summed E-state index contributed by atoms with van der Waals surface area (Å²) in [5.74, 6) is 1.29. The van der Waals surface area contributed by atoms with Gasteiger partial charge in [0.15, 0.2) is 0 Å². The topological polar surface area (TPSA) is 45.5 Å². The molecular weight excluding hydrogens is 298 g/mol. The Morgan fingerprint density at radius 3 is 2.92 bits per heavy atom. The van der Waals surface area contributed by atoms with Gasteiger partial charge in [-0.25, -0.2) is 9.50 Å². The van der Waals surface area contributed by atoms with Crippen LogP contribution in [0.3, 0.4) is 0 Å². The lowest BCUT2D eigenvalue weighted by molar-refractivity contribution is 0.198. The zero-order valence-electron chi connectivity index (χ0n) is 14.0. The fraction of sp³-hybridized carbons (Fsp3) is 0.368. The summed E-state index contributed by atoms with van der Waals surface area (Å²) in [5, 5.41) is 7.49. The largest absolute Gasteiger partial charge is 0.357 e. The van der Waals surface area contributed by atoms with Crippen LogP contribution in [0.25, 0.3) is 5.52 Å². The number of anilines is 1. The first-order valence-electron chi connectivity index (χ1n) is 8.62. The number of nitrogens with zero attached hydrogens (tertiary/aromatic N) is 4. The summed E-state index contributed by atoms with van der Waals surface area (Å²) in [6, 6.07) is 14.9. The van der Waals surface area contributed by atoms with Crippen LogP contribution in [-0.4, -0.2) is 39.6 Å². The zero-order valence-corrected chi connectivity index (χ0v) is 14.0. The summed E-state index contributed by atoms with van der Waals surface area (Å²) in [6.07, 6.45) is 4.24. The molecule has 24 heavy (non-hydrogen) atoms. The molecule has 1 aromatic carbocycles. The van der Waals surface area contributed by atoms with E-state index < -0.39 is 0 Å². The molecule has 3 heterocycles. The quantitative estimate of drug-likeness (QED) is 0.802. The molecule has 3 aromatic rings. The van der Waals surface area contributed by atoms with Gasteiger partial charge in [-0.2, -0.15) is 5.10 Å². The average molecular weight is 321 g/mol. The van der Waals surface area contributed by atoms with Crippen LogP contribution < -0.4 is 5.32 Å². The maximum atomic E-state index is 4.82. The predicted octanol–water partition coefficient (Wildman–Crippen LogP) is 3.15. The molecule has 0 spiro atoms. The molecule has 124 valence electrons. The Morgan fingerprint density at radius 1 is 1.21 bits per heavy atom. The van der Waals surface area contributed by atoms with Gasteiger partial charge in [0.1, 0.15) is 0 Å². The van der Waals surface area contributed by atoms with Crippen molar-refractivity contribution in [2.75, 3.05) is 25.5 Å². The number of aromatic nitrogens is 3. The number of piperidine rings is 1. The Bertz CT molecular complexity index is 811. The van der Waals surface area contributed by atoms with Crippen LogP contribution in [0.1, 0.15) is 30.0 Å². The number of nitrogens with one attached hydrogen (secondary N) is 1. The Balaban J connectivity index is 1.55. The Morgan fingerprint density at radius 2 is 2.08 bits per heavy atom. The van der Waals surface area contributed by atoms with E-state index in [1.807, 2.05) is 23.8 Å². The van der Waals surface area contributed by atoms with Crippen molar-refractivity contribution in [2.45, 2.75) is 25.3 Å². The average Bonchev–Trinajstić information content (AvgIpc) is 3.10. The molecule has 1 atom stereocenters. The van der Waals surface area contributed by atoms with Gasteiger partial charge in [0.05, 0.1) is 17.4 Å². The van der Waals surface area contributed by atoms with E-state index in [1.54, 1.807) is 0 Å². The summed E-state index contributed by atoms with van der Waals surface area (Å²) in [7, 11) is 1.90. The van der Waals surface area contributed by atoms with Gasteiger partial charge in [0, 0.05) is 26.1 Å². The summed E-state index contributed by atoms with van der Waals surface area (Å²) < 4.78 is 1.86. The van der Waals surface area contributed by atoms with E-state index in [4.69, 9.17) is 4.98 Å². The van der Waals surface area contributed by atoms with Crippen molar-refractivity contribution < 1.29 is 0 Å². The lowest BCUT2D eigenvalue weighted by Crippen LogP contribution is -2.34. The third-order valence-corrected chi connectivity index (χ3v) is 4.80. The zero-order chi connectivity index (χ0) is 16.4. The highest BCUT2D eigenvalue weighted by Gasteiger charge is 2.23. The molecular formula is C19H23N5. The minimum atomic E-state index is 0.481. The van der Waals surface area contributed by atoms with Crippen LogP contribution in [-0.2, 0) is 6.54 Å². The molecule has 0 bridgehead atoms.